The summed E-state index contributed by atoms with van der Waals surface area (Å²) in [6.07, 6.45) is -3.51. The summed E-state index contributed by atoms with van der Waals surface area (Å²) in [6.45, 7) is 2.84. The quantitative estimate of drug-likeness (QED) is 0.266. The van der Waals surface area contributed by atoms with Crippen LogP contribution in [0.15, 0.2) is 72.8 Å². The van der Waals surface area contributed by atoms with Crippen molar-refractivity contribution in [2.45, 2.75) is 38.4 Å². The average Bonchev–Trinajstić information content (AvgIpc) is 3.15. The van der Waals surface area contributed by atoms with E-state index in [0.29, 0.717) is 29.5 Å². The molecule has 1 heterocycles. The Morgan fingerprint density at radius 1 is 1.07 bits per heavy atom. The molecule has 1 aliphatic rings. The second-order valence-corrected chi connectivity index (χ2v) is 10.0. The molecule has 1 atom stereocenters. The first kappa shape index (κ1) is 29.4. The Hall–Kier alpha value is -3.63. The van der Waals surface area contributed by atoms with E-state index >= 15 is 0 Å². The van der Waals surface area contributed by atoms with Gasteiger partial charge in [-0.15, -0.1) is 0 Å². The lowest BCUT2D eigenvalue weighted by atomic mass is 10.1. The molecule has 2 amide bonds. The van der Waals surface area contributed by atoms with Gasteiger partial charge < -0.3 is 15.0 Å². The van der Waals surface area contributed by atoms with Crippen molar-refractivity contribution in [3.05, 3.63) is 88.9 Å². The van der Waals surface area contributed by atoms with Crippen LogP contribution in [0.1, 0.15) is 30.9 Å². The van der Waals surface area contributed by atoms with Gasteiger partial charge in [0.15, 0.2) is 5.11 Å². The lowest BCUT2D eigenvalue weighted by molar-refractivity contribution is -0.137. The summed E-state index contributed by atoms with van der Waals surface area (Å²) in [5, 5.41) is 3.38. The van der Waals surface area contributed by atoms with Crippen molar-refractivity contribution in [2.75, 3.05) is 23.4 Å². The van der Waals surface area contributed by atoms with Crippen molar-refractivity contribution in [1.29, 1.82) is 0 Å². The van der Waals surface area contributed by atoms with Crippen molar-refractivity contribution < 1.29 is 27.5 Å². The molecule has 3 aromatic carbocycles. The first-order chi connectivity index (χ1) is 19.1. The topological polar surface area (TPSA) is 61.9 Å². The lowest BCUT2D eigenvalue weighted by Crippen LogP contribution is -2.39. The van der Waals surface area contributed by atoms with Crippen molar-refractivity contribution in [3.63, 3.8) is 0 Å². The van der Waals surface area contributed by atoms with Crippen LogP contribution in [0.25, 0.3) is 0 Å². The molecular weight excluding hydrogens is 563 g/mol. The molecule has 11 heteroatoms. The number of alkyl halides is 3. The third-order valence-corrected chi connectivity index (χ3v) is 6.96. The van der Waals surface area contributed by atoms with E-state index in [1.165, 1.54) is 12.1 Å². The van der Waals surface area contributed by atoms with E-state index < -0.39 is 29.6 Å². The Morgan fingerprint density at radius 3 is 2.42 bits per heavy atom. The minimum absolute atomic E-state index is 0.00751. The predicted molar refractivity (Wildman–Crippen MR) is 153 cm³/mol. The number of hydrogen-bond donors (Lipinski definition) is 1. The van der Waals surface area contributed by atoms with Gasteiger partial charge in [-0.3, -0.25) is 14.5 Å². The number of anilines is 2. The normalized spacial score (nSPS) is 15.5. The summed E-state index contributed by atoms with van der Waals surface area (Å²) in [5.41, 5.74) is 0.530. The molecule has 1 aliphatic heterocycles. The van der Waals surface area contributed by atoms with E-state index in [2.05, 4.69) is 5.32 Å². The molecule has 210 valence electrons. The van der Waals surface area contributed by atoms with E-state index in [1.807, 2.05) is 19.1 Å². The highest BCUT2D eigenvalue weighted by Gasteiger charge is 2.44. The SMILES string of the molecule is CCCOc1ccc(NC(=O)CC2C(=O)N(c3cccc(C(F)(F)F)c3)C(=S)N2CCc2ccc(Cl)cc2)cc1. The summed E-state index contributed by atoms with van der Waals surface area (Å²) >= 11 is 11.6. The van der Waals surface area contributed by atoms with Crippen LogP contribution in [-0.2, 0) is 22.2 Å². The van der Waals surface area contributed by atoms with Gasteiger partial charge >= 0.3 is 6.18 Å². The van der Waals surface area contributed by atoms with Crippen LogP contribution in [0.2, 0.25) is 5.02 Å². The standard InChI is InChI=1S/C29H27ClF3N3O3S/c1-2-16-39-24-12-10-22(11-13-24)34-26(37)18-25-27(38)36(23-5-3-4-20(17-23)29(31,32)33)28(40)35(25)15-14-19-6-8-21(30)9-7-19/h3-13,17,25H,2,14-16,18H2,1H3,(H,34,37). The van der Waals surface area contributed by atoms with Crippen LogP contribution in [0, 0.1) is 0 Å². The zero-order valence-corrected chi connectivity index (χ0v) is 23.2. The van der Waals surface area contributed by atoms with Crippen molar-refractivity contribution in [3.8, 4) is 5.75 Å². The van der Waals surface area contributed by atoms with Gasteiger partial charge in [-0.05, 0) is 85.2 Å². The molecule has 0 bridgehead atoms. The van der Waals surface area contributed by atoms with Gasteiger partial charge in [-0.1, -0.05) is 36.7 Å². The Kier molecular flexibility index (Phi) is 9.32. The summed E-state index contributed by atoms with van der Waals surface area (Å²) < 4.78 is 45.7. The minimum atomic E-state index is -4.59. The first-order valence-corrected chi connectivity index (χ1v) is 13.4. The molecule has 1 fully saturated rings. The summed E-state index contributed by atoms with van der Waals surface area (Å²) in [4.78, 5) is 29.3. The molecule has 1 saturated heterocycles. The van der Waals surface area contributed by atoms with Crippen LogP contribution in [0.3, 0.4) is 0 Å². The van der Waals surface area contributed by atoms with Crippen LogP contribution >= 0.6 is 23.8 Å². The van der Waals surface area contributed by atoms with Crippen molar-refractivity contribution in [1.82, 2.24) is 4.90 Å². The number of nitrogens with zero attached hydrogens (tertiary/aromatic N) is 2. The number of thiocarbonyl (C=S) groups is 1. The Balaban J connectivity index is 1.55. The number of rotatable bonds is 10. The highest BCUT2D eigenvalue weighted by atomic mass is 35.5. The zero-order chi connectivity index (χ0) is 28.9. The predicted octanol–water partition coefficient (Wildman–Crippen LogP) is 6.72. The van der Waals surface area contributed by atoms with Gasteiger partial charge in [0.2, 0.25) is 5.91 Å². The number of carbonyl (C=O) groups excluding carboxylic acids is 2. The third-order valence-electron chi connectivity index (χ3n) is 6.29. The average molecular weight is 590 g/mol. The van der Waals surface area contributed by atoms with E-state index in [-0.39, 0.29) is 23.8 Å². The maximum Gasteiger partial charge on any atom is 0.416 e. The monoisotopic (exact) mass is 589 g/mol. The highest BCUT2D eigenvalue weighted by molar-refractivity contribution is 7.80. The van der Waals surface area contributed by atoms with E-state index in [4.69, 9.17) is 28.6 Å². The largest absolute Gasteiger partial charge is 0.494 e. The summed E-state index contributed by atoms with van der Waals surface area (Å²) in [6, 6.07) is 17.4. The highest BCUT2D eigenvalue weighted by Crippen LogP contribution is 2.34. The maximum absolute atomic E-state index is 13.6. The van der Waals surface area contributed by atoms with Gasteiger partial charge in [0, 0.05) is 17.3 Å². The molecule has 1 N–H and O–H groups in total. The second kappa shape index (κ2) is 12.7. The van der Waals surface area contributed by atoms with E-state index in [1.54, 1.807) is 41.3 Å². The molecule has 0 saturated carbocycles. The molecule has 0 aliphatic carbocycles. The smallest absolute Gasteiger partial charge is 0.416 e. The van der Waals surface area contributed by atoms with Crippen molar-refractivity contribution >= 4 is 52.1 Å². The van der Waals surface area contributed by atoms with E-state index in [9.17, 15) is 22.8 Å². The van der Waals surface area contributed by atoms with Crippen LogP contribution in [-0.4, -0.2) is 41.0 Å². The van der Waals surface area contributed by atoms with Crippen LogP contribution in [0.5, 0.6) is 5.75 Å². The third kappa shape index (κ3) is 7.11. The number of carbonyl (C=O) groups is 2. The Labute approximate surface area is 240 Å². The fraction of sp³-hybridized carbons (Fsp3) is 0.276. The fourth-order valence-corrected chi connectivity index (χ4v) is 4.83. The van der Waals surface area contributed by atoms with Crippen molar-refractivity contribution in [2.24, 2.45) is 0 Å². The summed E-state index contributed by atoms with van der Waals surface area (Å²) in [5.74, 6) is -0.342. The molecule has 1 unspecified atom stereocenters. The minimum Gasteiger partial charge on any atom is -0.494 e. The summed E-state index contributed by atoms with van der Waals surface area (Å²) in [7, 11) is 0. The fourth-order valence-electron chi connectivity index (χ4n) is 4.29. The number of nitrogens with one attached hydrogen (secondary N) is 1. The molecule has 0 aromatic heterocycles. The molecule has 0 radical (unpaired) electrons. The van der Waals surface area contributed by atoms with Gasteiger partial charge in [0.05, 0.1) is 24.3 Å². The van der Waals surface area contributed by atoms with Crippen LogP contribution in [0.4, 0.5) is 24.5 Å². The number of amides is 2. The number of halogens is 4. The number of hydrogen-bond acceptors (Lipinski definition) is 4. The first-order valence-electron chi connectivity index (χ1n) is 12.7. The lowest BCUT2D eigenvalue weighted by Gasteiger charge is -2.24. The molecule has 4 rings (SSSR count). The Morgan fingerprint density at radius 2 is 1.77 bits per heavy atom. The van der Waals surface area contributed by atoms with Gasteiger partial charge in [-0.2, -0.15) is 13.2 Å². The zero-order valence-electron chi connectivity index (χ0n) is 21.6. The van der Waals surface area contributed by atoms with Gasteiger partial charge in [0.1, 0.15) is 11.8 Å². The van der Waals surface area contributed by atoms with Gasteiger partial charge in [-0.25, -0.2) is 0 Å². The van der Waals surface area contributed by atoms with E-state index in [0.717, 1.165) is 29.0 Å². The molecule has 40 heavy (non-hydrogen) atoms. The Bertz CT molecular complexity index is 1370. The molecule has 0 spiro atoms. The maximum atomic E-state index is 13.6. The van der Waals surface area contributed by atoms with Crippen LogP contribution < -0.4 is 15.0 Å². The van der Waals surface area contributed by atoms with Gasteiger partial charge in [0.25, 0.3) is 5.91 Å². The number of benzene rings is 3. The molecule has 3 aromatic rings. The molecular formula is C29H27ClF3N3O3S. The second-order valence-electron chi connectivity index (χ2n) is 9.22. The molecule has 6 nitrogen and oxygen atoms in total. The number of ether oxygens (including phenoxy) is 1.